The molecule has 0 amide bonds. The summed E-state index contributed by atoms with van der Waals surface area (Å²) in [4.78, 5) is 14.3. The summed E-state index contributed by atoms with van der Waals surface area (Å²) in [7, 11) is 0. The number of furan rings is 1. The Hall–Kier alpha value is -1.81. The van der Waals surface area contributed by atoms with Crippen molar-refractivity contribution in [3.05, 3.63) is 35.6 Å². The van der Waals surface area contributed by atoms with Crippen LogP contribution in [0, 0.1) is 0 Å². The van der Waals surface area contributed by atoms with Crippen LogP contribution in [0.15, 0.2) is 28.9 Å². The molecule has 1 aliphatic rings. The Morgan fingerprint density at radius 1 is 1.38 bits per heavy atom. The van der Waals surface area contributed by atoms with E-state index in [4.69, 9.17) is 10.5 Å². The Morgan fingerprint density at radius 3 is 2.95 bits per heavy atom. The minimum atomic E-state index is -0.477. The first-order valence-electron chi connectivity index (χ1n) is 8.13. The normalized spacial score (nSPS) is 18.4. The van der Waals surface area contributed by atoms with Crippen LogP contribution in [-0.4, -0.2) is 30.6 Å². The molecule has 4 nitrogen and oxygen atoms in total. The molecular weight excluding hydrogens is 266 g/mol. The molecule has 1 saturated heterocycles. The van der Waals surface area contributed by atoms with Gasteiger partial charge in [0.1, 0.15) is 17.4 Å². The second kappa shape index (κ2) is 6.31. The zero-order valence-corrected chi connectivity index (χ0v) is 12.3. The van der Waals surface area contributed by atoms with E-state index in [0.29, 0.717) is 23.1 Å². The molecule has 21 heavy (non-hydrogen) atoms. The number of carbonyl (C=O) groups excluding carboxylic acids is 1. The highest BCUT2D eigenvalue weighted by atomic mass is 16.5. The lowest BCUT2D eigenvalue weighted by Crippen LogP contribution is -2.29. The number of esters is 1. The van der Waals surface area contributed by atoms with Crippen molar-refractivity contribution in [1.29, 1.82) is 0 Å². The summed E-state index contributed by atoms with van der Waals surface area (Å²) in [6.07, 6.45) is 4.92. The van der Waals surface area contributed by atoms with E-state index in [1.807, 2.05) is 18.2 Å². The largest absolute Gasteiger partial charge is 0.463 e. The Morgan fingerprint density at radius 2 is 2.19 bits per heavy atom. The average Bonchev–Trinajstić information content (AvgIpc) is 2.99. The van der Waals surface area contributed by atoms with Crippen LogP contribution in [0.25, 0.3) is 11.0 Å². The monoisotopic (exact) mass is 288 g/mol. The van der Waals surface area contributed by atoms with Gasteiger partial charge in [-0.15, -0.1) is 0 Å². The maximum Gasteiger partial charge on any atom is 0.342 e. The standard InChI is InChI=1S/C17H21NO3/c1-2-20-17(19)14-12-21-15-8-6-7-13(16(14)15)11-18-9-4-3-5-10-18/h6-8,12H,2-5,9-11H2,1H3/i11D. The number of fused-ring (bicyclic) bond motifs is 1. The molecule has 4 heteroatoms. The molecule has 0 spiro atoms. The number of nitrogens with zero attached hydrogens (tertiary/aromatic N) is 1. The second-order valence-electron chi connectivity index (χ2n) is 5.32. The predicted octanol–water partition coefficient (Wildman–Crippen LogP) is 3.60. The van der Waals surface area contributed by atoms with Gasteiger partial charge in [-0.3, -0.25) is 4.90 Å². The summed E-state index contributed by atoms with van der Waals surface area (Å²) in [5.74, 6) is -0.389. The average molecular weight is 288 g/mol. The first-order valence-corrected chi connectivity index (χ1v) is 7.56. The molecule has 3 rings (SSSR count). The summed E-state index contributed by atoms with van der Waals surface area (Å²) in [6.45, 7) is 3.48. The van der Waals surface area contributed by atoms with E-state index >= 15 is 0 Å². The maximum absolute atomic E-state index is 12.1. The Balaban J connectivity index is 2.01. The zero-order valence-electron chi connectivity index (χ0n) is 13.3. The molecule has 2 aromatic rings. The minimum Gasteiger partial charge on any atom is -0.463 e. The molecule has 1 atom stereocenters. The number of piperidine rings is 1. The quantitative estimate of drug-likeness (QED) is 0.806. The van der Waals surface area contributed by atoms with Gasteiger partial charge < -0.3 is 9.15 Å². The molecular formula is C17H21NO3. The van der Waals surface area contributed by atoms with Crippen molar-refractivity contribution >= 4 is 16.9 Å². The van der Waals surface area contributed by atoms with Gasteiger partial charge in [-0.05, 0) is 44.5 Å². The van der Waals surface area contributed by atoms with E-state index in [0.717, 1.165) is 31.5 Å². The Labute approximate surface area is 126 Å². The molecule has 0 saturated carbocycles. The first-order chi connectivity index (χ1) is 10.7. The second-order valence-corrected chi connectivity index (χ2v) is 5.32. The van der Waals surface area contributed by atoms with Gasteiger partial charge in [0.2, 0.25) is 0 Å². The van der Waals surface area contributed by atoms with Crippen molar-refractivity contribution in [1.82, 2.24) is 4.90 Å². The maximum atomic E-state index is 12.1. The van der Waals surface area contributed by atoms with E-state index in [1.165, 1.54) is 12.7 Å². The zero-order chi connectivity index (χ0) is 15.5. The van der Waals surface area contributed by atoms with Crippen molar-refractivity contribution < 1.29 is 15.3 Å². The molecule has 1 aromatic heterocycles. The van der Waals surface area contributed by atoms with Gasteiger partial charge in [-0.2, -0.15) is 0 Å². The summed E-state index contributed by atoms with van der Waals surface area (Å²) in [5, 5.41) is 0.714. The molecule has 0 bridgehead atoms. The van der Waals surface area contributed by atoms with Crippen LogP contribution in [0.3, 0.4) is 0 Å². The SMILES string of the molecule is [2H]C(c1cccc2occ(C(=O)OCC)c12)N1CCCCC1. The van der Waals surface area contributed by atoms with Crippen molar-refractivity contribution in [3.63, 3.8) is 0 Å². The van der Waals surface area contributed by atoms with E-state index in [-0.39, 0.29) is 5.97 Å². The highest BCUT2D eigenvalue weighted by Crippen LogP contribution is 2.27. The molecule has 1 aromatic carbocycles. The summed E-state index contributed by atoms with van der Waals surface area (Å²) >= 11 is 0. The fourth-order valence-electron chi connectivity index (χ4n) is 2.83. The Bertz CT molecular complexity index is 661. The molecule has 1 unspecified atom stereocenters. The number of hydrogen-bond acceptors (Lipinski definition) is 4. The van der Waals surface area contributed by atoms with Crippen molar-refractivity contribution in [2.24, 2.45) is 0 Å². The third-order valence-electron chi connectivity index (χ3n) is 3.84. The van der Waals surface area contributed by atoms with Gasteiger partial charge in [0.15, 0.2) is 0 Å². The fraction of sp³-hybridized carbons (Fsp3) is 0.471. The van der Waals surface area contributed by atoms with Gasteiger partial charge >= 0.3 is 5.97 Å². The van der Waals surface area contributed by atoms with Crippen LogP contribution in [0.2, 0.25) is 0 Å². The van der Waals surface area contributed by atoms with Crippen LogP contribution in [0.5, 0.6) is 0 Å². The van der Waals surface area contributed by atoms with Crippen molar-refractivity contribution in [2.75, 3.05) is 19.7 Å². The van der Waals surface area contributed by atoms with Crippen LogP contribution in [-0.2, 0) is 11.3 Å². The van der Waals surface area contributed by atoms with Gasteiger partial charge in [0.05, 0.1) is 6.61 Å². The smallest absolute Gasteiger partial charge is 0.342 e. The first kappa shape index (κ1) is 12.9. The summed E-state index contributed by atoms with van der Waals surface area (Å²) in [6, 6.07) is 5.61. The third-order valence-corrected chi connectivity index (χ3v) is 3.84. The minimum absolute atomic E-state index is 0.324. The summed E-state index contributed by atoms with van der Waals surface area (Å²) < 4.78 is 19.2. The molecule has 2 heterocycles. The van der Waals surface area contributed by atoms with Gasteiger partial charge in [-0.1, -0.05) is 18.6 Å². The molecule has 112 valence electrons. The number of likely N-dealkylation sites (tertiary alicyclic amines) is 1. The molecule has 0 N–H and O–H groups in total. The molecule has 1 fully saturated rings. The molecule has 0 aliphatic carbocycles. The molecule has 1 aliphatic heterocycles. The van der Waals surface area contributed by atoms with E-state index in [1.54, 1.807) is 6.92 Å². The predicted molar refractivity (Wildman–Crippen MR) is 81.3 cm³/mol. The highest BCUT2D eigenvalue weighted by Gasteiger charge is 2.19. The lowest BCUT2D eigenvalue weighted by Gasteiger charge is -2.26. The van der Waals surface area contributed by atoms with E-state index < -0.39 is 6.52 Å². The lowest BCUT2D eigenvalue weighted by atomic mass is 10.0. The van der Waals surface area contributed by atoms with E-state index in [2.05, 4.69) is 4.90 Å². The number of rotatable bonds is 4. The van der Waals surface area contributed by atoms with Crippen LogP contribution in [0.4, 0.5) is 0 Å². The van der Waals surface area contributed by atoms with Gasteiger partial charge in [-0.25, -0.2) is 4.79 Å². The van der Waals surface area contributed by atoms with E-state index in [9.17, 15) is 4.79 Å². The topological polar surface area (TPSA) is 42.7 Å². The molecule has 0 radical (unpaired) electrons. The highest BCUT2D eigenvalue weighted by molar-refractivity contribution is 6.04. The van der Waals surface area contributed by atoms with Crippen LogP contribution in [0.1, 0.15) is 43.5 Å². The number of benzene rings is 1. The van der Waals surface area contributed by atoms with Crippen molar-refractivity contribution in [3.8, 4) is 0 Å². The fourth-order valence-corrected chi connectivity index (χ4v) is 2.83. The van der Waals surface area contributed by atoms with Crippen LogP contribution < -0.4 is 0 Å². The Kier molecular flexibility index (Phi) is 3.87. The summed E-state index contributed by atoms with van der Waals surface area (Å²) in [5.41, 5.74) is 1.87. The number of hydrogen-bond donors (Lipinski definition) is 0. The lowest BCUT2D eigenvalue weighted by molar-refractivity contribution is 0.0527. The van der Waals surface area contributed by atoms with Gasteiger partial charge in [0.25, 0.3) is 0 Å². The van der Waals surface area contributed by atoms with Crippen molar-refractivity contribution in [2.45, 2.75) is 32.7 Å². The number of ether oxygens (including phenoxy) is 1. The van der Waals surface area contributed by atoms with Gasteiger partial charge in [0, 0.05) is 13.3 Å². The number of carbonyl (C=O) groups is 1. The third kappa shape index (κ3) is 2.95. The van der Waals surface area contributed by atoms with Crippen LogP contribution >= 0.6 is 0 Å².